The summed E-state index contributed by atoms with van der Waals surface area (Å²) < 4.78 is 31.3. The molecule has 0 spiro atoms. The van der Waals surface area contributed by atoms with Crippen LogP contribution in [0.4, 0.5) is 11.4 Å². The molecule has 2 aromatic rings. The Bertz CT molecular complexity index is 942. The van der Waals surface area contributed by atoms with Crippen molar-refractivity contribution in [1.82, 2.24) is 0 Å². The monoisotopic (exact) mass is 416 g/mol. The molecule has 0 aliphatic carbocycles. The summed E-state index contributed by atoms with van der Waals surface area (Å²) in [4.78, 5) is 14.6. The lowest BCUT2D eigenvalue weighted by molar-refractivity contribution is -0.118. The number of anilines is 2. The molecule has 0 fully saturated rings. The van der Waals surface area contributed by atoms with Gasteiger partial charge < -0.3 is 9.64 Å². The number of sulfonamides is 1. The molecule has 0 unspecified atom stereocenters. The SMILES string of the molecule is CCOc1ccc(N(CCCC(=O)N2CCCc3ccccc32)S(C)(=O)=O)cc1. The molecule has 7 heteroatoms. The van der Waals surface area contributed by atoms with Crippen LogP contribution >= 0.6 is 0 Å². The van der Waals surface area contributed by atoms with Gasteiger partial charge in [0, 0.05) is 25.2 Å². The third-order valence-corrected chi connectivity index (χ3v) is 6.19. The number of aryl methyl sites for hydroxylation is 1. The molecule has 0 saturated carbocycles. The molecule has 0 aromatic heterocycles. The number of nitrogens with zero attached hydrogens (tertiary/aromatic N) is 2. The fourth-order valence-corrected chi connectivity index (χ4v) is 4.63. The molecule has 6 nitrogen and oxygen atoms in total. The zero-order valence-electron chi connectivity index (χ0n) is 17.0. The van der Waals surface area contributed by atoms with E-state index in [2.05, 4.69) is 6.07 Å². The number of hydrogen-bond donors (Lipinski definition) is 0. The highest BCUT2D eigenvalue weighted by molar-refractivity contribution is 7.92. The highest BCUT2D eigenvalue weighted by Gasteiger charge is 2.23. The van der Waals surface area contributed by atoms with Crippen molar-refractivity contribution in [2.24, 2.45) is 0 Å². The van der Waals surface area contributed by atoms with Crippen LogP contribution in [0.1, 0.15) is 31.7 Å². The number of carbonyl (C=O) groups excluding carboxylic acids is 1. The first-order valence-electron chi connectivity index (χ1n) is 9.99. The van der Waals surface area contributed by atoms with Gasteiger partial charge in [0.2, 0.25) is 15.9 Å². The van der Waals surface area contributed by atoms with E-state index in [0.29, 0.717) is 37.4 Å². The molecular weight excluding hydrogens is 388 g/mol. The summed E-state index contributed by atoms with van der Waals surface area (Å²) in [6, 6.07) is 15.0. The Balaban J connectivity index is 1.64. The van der Waals surface area contributed by atoms with Crippen LogP contribution in [0.25, 0.3) is 0 Å². The summed E-state index contributed by atoms with van der Waals surface area (Å²) in [7, 11) is -3.45. The molecule has 156 valence electrons. The second-order valence-electron chi connectivity index (χ2n) is 7.14. The van der Waals surface area contributed by atoms with Gasteiger partial charge in [-0.2, -0.15) is 0 Å². The molecular formula is C22H28N2O4S. The number of hydrogen-bond acceptors (Lipinski definition) is 4. The van der Waals surface area contributed by atoms with Gasteiger partial charge in [-0.3, -0.25) is 9.10 Å². The minimum atomic E-state index is -3.45. The van der Waals surface area contributed by atoms with E-state index in [1.165, 1.54) is 16.1 Å². The number of rotatable bonds is 8. The minimum Gasteiger partial charge on any atom is -0.494 e. The zero-order chi connectivity index (χ0) is 20.9. The van der Waals surface area contributed by atoms with Crippen LogP contribution in [0, 0.1) is 0 Å². The van der Waals surface area contributed by atoms with E-state index in [1.54, 1.807) is 24.3 Å². The van der Waals surface area contributed by atoms with Gasteiger partial charge in [0.05, 0.1) is 18.6 Å². The molecule has 1 amide bonds. The van der Waals surface area contributed by atoms with E-state index in [1.807, 2.05) is 30.0 Å². The first-order valence-corrected chi connectivity index (χ1v) is 11.8. The summed E-state index contributed by atoms with van der Waals surface area (Å²) >= 11 is 0. The quantitative estimate of drug-likeness (QED) is 0.659. The highest BCUT2D eigenvalue weighted by Crippen LogP contribution is 2.28. The Labute approximate surface area is 173 Å². The Morgan fingerprint density at radius 1 is 1.14 bits per heavy atom. The van der Waals surface area contributed by atoms with E-state index < -0.39 is 10.0 Å². The number of ether oxygens (including phenoxy) is 1. The molecule has 3 rings (SSSR count). The number of fused-ring (bicyclic) bond motifs is 1. The topological polar surface area (TPSA) is 66.9 Å². The second kappa shape index (κ2) is 9.31. The second-order valence-corrected chi connectivity index (χ2v) is 9.05. The van der Waals surface area contributed by atoms with Crippen LogP contribution in [0.3, 0.4) is 0 Å². The maximum absolute atomic E-state index is 12.8. The van der Waals surface area contributed by atoms with Gasteiger partial charge in [-0.25, -0.2) is 8.42 Å². The average Bonchev–Trinajstić information content (AvgIpc) is 2.71. The smallest absolute Gasteiger partial charge is 0.232 e. The third kappa shape index (κ3) is 5.29. The lowest BCUT2D eigenvalue weighted by Crippen LogP contribution is -2.36. The van der Waals surface area contributed by atoms with E-state index in [0.717, 1.165) is 18.5 Å². The highest BCUT2D eigenvalue weighted by atomic mass is 32.2. The molecule has 0 atom stereocenters. The summed E-state index contributed by atoms with van der Waals surface area (Å²) in [5.41, 5.74) is 2.75. The van der Waals surface area contributed by atoms with Gasteiger partial charge in [0.1, 0.15) is 5.75 Å². The van der Waals surface area contributed by atoms with Crippen molar-refractivity contribution in [3.05, 3.63) is 54.1 Å². The van der Waals surface area contributed by atoms with Crippen molar-refractivity contribution < 1.29 is 17.9 Å². The van der Waals surface area contributed by atoms with Crippen molar-refractivity contribution in [2.45, 2.75) is 32.6 Å². The largest absolute Gasteiger partial charge is 0.494 e. The Kier molecular flexibility index (Phi) is 6.79. The van der Waals surface area contributed by atoms with Crippen LogP contribution in [0.5, 0.6) is 5.75 Å². The Hall–Kier alpha value is -2.54. The molecule has 1 aliphatic heterocycles. The molecule has 0 bridgehead atoms. The van der Waals surface area contributed by atoms with Crippen LogP contribution < -0.4 is 13.9 Å². The van der Waals surface area contributed by atoms with E-state index in [9.17, 15) is 13.2 Å². The van der Waals surface area contributed by atoms with Gasteiger partial charge >= 0.3 is 0 Å². The van der Waals surface area contributed by atoms with E-state index in [4.69, 9.17) is 4.74 Å². The fraction of sp³-hybridized carbons (Fsp3) is 0.409. The van der Waals surface area contributed by atoms with Gasteiger partial charge in [0.15, 0.2) is 0 Å². The van der Waals surface area contributed by atoms with Crippen LogP contribution in [-0.2, 0) is 21.2 Å². The number of para-hydroxylation sites is 1. The lowest BCUT2D eigenvalue weighted by Gasteiger charge is -2.30. The van der Waals surface area contributed by atoms with Crippen molar-refractivity contribution in [1.29, 1.82) is 0 Å². The molecule has 0 saturated heterocycles. The van der Waals surface area contributed by atoms with Crippen molar-refractivity contribution >= 4 is 27.3 Å². The predicted molar refractivity (Wildman–Crippen MR) is 116 cm³/mol. The van der Waals surface area contributed by atoms with Gasteiger partial charge in [-0.1, -0.05) is 18.2 Å². The minimum absolute atomic E-state index is 0.0392. The number of carbonyl (C=O) groups is 1. The molecule has 2 aromatic carbocycles. The van der Waals surface area contributed by atoms with Gasteiger partial charge in [-0.15, -0.1) is 0 Å². The Morgan fingerprint density at radius 3 is 2.55 bits per heavy atom. The van der Waals surface area contributed by atoms with E-state index >= 15 is 0 Å². The van der Waals surface area contributed by atoms with Gasteiger partial charge in [-0.05, 0) is 62.1 Å². The Morgan fingerprint density at radius 2 is 1.86 bits per heavy atom. The van der Waals surface area contributed by atoms with Crippen LogP contribution in [0.2, 0.25) is 0 Å². The summed E-state index contributed by atoms with van der Waals surface area (Å²) in [5, 5.41) is 0. The molecule has 0 radical (unpaired) electrons. The first kappa shape index (κ1) is 21.2. The first-order chi connectivity index (χ1) is 13.9. The van der Waals surface area contributed by atoms with Crippen LogP contribution in [-0.4, -0.2) is 40.3 Å². The molecule has 1 heterocycles. The summed E-state index contributed by atoms with van der Waals surface area (Å²) in [6.07, 6.45) is 3.88. The van der Waals surface area contributed by atoms with Crippen molar-refractivity contribution in [3.8, 4) is 5.75 Å². The molecule has 0 N–H and O–H groups in total. The third-order valence-electron chi connectivity index (χ3n) is 5.00. The standard InChI is InChI=1S/C22H28N2O4S/c1-3-28-20-14-12-19(13-15-20)24(29(2,26)27)17-7-11-22(25)23-16-6-9-18-8-4-5-10-21(18)23/h4-5,8,10,12-15H,3,6-7,9,11,16-17H2,1-2H3. The average molecular weight is 417 g/mol. The van der Waals surface area contributed by atoms with Crippen molar-refractivity contribution in [3.63, 3.8) is 0 Å². The number of amides is 1. The lowest BCUT2D eigenvalue weighted by atomic mass is 10.0. The van der Waals surface area contributed by atoms with Crippen LogP contribution in [0.15, 0.2) is 48.5 Å². The van der Waals surface area contributed by atoms with Crippen molar-refractivity contribution in [2.75, 3.05) is 35.2 Å². The van der Waals surface area contributed by atoms with E-state index in [-0.39, 0.29) is 12.5 Å². The molecule has 29 heavy (non-hydrogen) atoms. The maximum Gasteiger partial charge on any atom is 0.232 e. The summed E-state index contributed by atoms with van der Waals surface area (Å²) in [5.74, 6) is 0.737. The maximum atomic E-state index is 12.8. The zero-order valence-corrected chi connectivity index (χ0v) is 17.8. The summed E-state index contributed by atoms with van der Waals surface area (Å²) in [6.45, 7) is 3.42. The predicted octanol–water partition coefficient (Wildman–Crippen LogP) is 3.61. The normalized spacial score (nSPS) is 13.7. The van der Waals surface area contributed by atoms with Gasteiger partial charge in [0.25, 0.3) is 0 Å². The molecule has 1 aliphatic rings. The fourth-order valence-electron chi connectivity index (χ4n) is 3.66. The number of benzene rings is 2.